The molecule has 1 atom stereocenters. The van der Waals surface area contributed by atoms with Crippen molar-refractivity contribution in [1.82, 2.24) is 0 Å². The van der Waals surface area contributed by atoms with E-state index < -0.39 is 17.2 Å². The normalized spacial score (nSPS) is 14.4. The average Bonchev–Trinajstić information content (AvgIpc) is 2.47. The Balaban J connectivity index is 2.08. The Morgan fingerprint density at radius 1 is 1.22 bits per heavy atom. The Kier molecular flexibility index (Phi) is 4.95. The van der Waals surface area contributed by atoms with E-state index in [-0.39, 0.29) is 18.1 Å². The molecule has 0 fully saturated rings. The van der Waals surface area contributed by atoms with Crippen molar-refractivity contribution in [3.05, 3.63) is 65.2 Å². The van der Waals surface area contributed by atoms with Crippen LogP contribution in [0.15, 0.2) is 47.5 Å². The summed E-state index contributed by atoms with van der Waals surface area (Å²) in [5.74, 6) is -1.43. The third kappa shape index (κ3) is 4.50. The minimum atomic E-state index is -1.60. The Hall–Kier alpha value is -2.47. The number of anilines is 1. The van der Waals surface area contributed by atoms with Gasteiger partial charge in [-0.2, -0.15) is 0 Å². The second kappa shape index (κ2) is 6.75. The van der Waals surface area contributed by atoms with Crippen LogP contribution in [0.25, 0.3) is 0 Å². The summed E-state index contributed by atoms with van der Waals surface area (Å²) in [4.78, 5) is 4.03. The van der Waals surface area contributed by atoms with Gasteiger partial charge in [-0.3, -0.25) is 0 Å². The molecule has 0 heterocycles. The zero-order chi connectivity index (χ0) is 17.0. The number of nitrogens with two attached hydrogens (primary N) is 1. The van der Waals surface area contributed by atoms with Crippen LogP contribution in [0.4, 0.5) is 14.5 Å². The number of nitrogens with zero attached hydrogens (tertiary/aromatic N) is 1. The van der Waals surface area contributed by atoms with E-state index in [1.807, 2.05) is 31.2 Å². The summed E-state index contributed by atoms with van der Waals surface area (Å²) in [7, 11) is 0. The lowest BCUT2D eigenvalue weighted by atomic mass is 9.95. The Labute approximate surface area is 133 Å². The number of aryl methyl sites for hydroxylation is 1. The van der Waals surface area contributed by atoms with E-state index in [2.05, 4.69) is 10.3 Å². The molecule has 1 unspecified atom stereocenters. The lowest BCUT2D eigenvalue weighted by molar-refractivity contribution is 0.0634. The maximum Gasteiger partial charge on any atom is 0.193 e. The Morgan fingerprint density at radius 2 is 1.87 bits per heavy atom. The molecule has 2 aromatic carbocycles. The SMILES string of the molecule is Cc1ccc(NC(N)=NCC(C)(O)c2ccc(F)cc2F)cc1. The van der Waals surface area contributed by atoms with E-state index in [4.69, 9.17) is 5.73 Å². The summed E-state index contributed by atoms with van der Waals surface area (Å²) in [6.45, 7) is 3.20. The maximum absolute atomic E-state index is 13.8. The van der Waals surface area contributed by atoms with Crippen molar-refractivity contribution >= 4 is 11.6 Å². The van der Waals surface area contributed by atoms with Crippen LogP contribution in [0.2, 0.25) is 0 Å². The van der Waals surface area contributed by atoms with Gasteiger partial charge in [0, 0.05) is 17.3 Å². The van der Waals surface area contributed by atoms with E-state index in [9.17, 15) is 13.9 Å². The van der Waals surface area contributed by atoms with Crippen molar-refractivity contribution in [3.8, 4) is 0 Å². The number of aliphatic imine (C=N–C) groups is 1. The van der Waals surface area contributed by atoms with Gasteiger partial charge in [0.2, 0.25) is 0 Å². The van der Waals surface area contributed by atoms with Crippen molar-refractivity contribution < 1.29 is 13.9 Å². The van der Waals surface area contributed by atoms with Crippen LogP contribution < -0.4 is 11.1 Å². The van der Waals surface area contributed by atoms with Crippen LogP contribution in [0.5, 0.6) is 0 Å². The first-order chi connectivity index (χ1) is 10.8. The third-order valence-electron chi connectivity index (χ3n) is 3.39. The Morgan fingerprint density at radius 3 is 2.48 bits per heavy atom. The average molecular weight is 319 g/mol. The predicted molar refractivity (Wildman–Crippen MR) is 87.2 cm³/mol. The molecule has 0 radical (unpaired) electrons. The highest BCUT2D eigenvalue weighted by Gasteiger charge is 2.26. The molecule has 0 aliphatic rings. The van der Waals surface area contributed by atoms with Crippen LogP contribution in [0.3, 0.4) is 0 Å². The van der Waals surface area contributed by atoms with E-state index in [1.54, 1.807) is 0 Å². The summed E-state index contributed by atoms with van der Waals surface area (Å²) in [5, 5.41) is 13.2. The first-order valence-corrected chi connectivity index (χ1v) is 7.09. The van der Waals surface area contributed by atoms with E-state index in [0.717, 1.165) is 23.4 Å². The van der Waals surface area contributed by atoms with Gasteiger partial charge in [-0.05, 0) is 32.0 Å². The van der Waals surface area contributed by atoms with Gasteiger partial charge >= 0.3 is 0 Å². The molecule has 0 saturated carbocycles. The van der Waals surface area contributed by atoms with Gasteiger partial charge in [-0.1, -0.05) is 23.8 Å². The van der Waals surface area contributed by atoms with Crippen LogP contribution in [0.1, 0.15) is 18.1 Å². The summed E-state index contributed by atoms with van der Waals surface area (Å²) >= 11 is 0. The van der Waals surface area contributed by atoms with E-state index in [1.165, 1.54) is 13.0 Å². The number of hydrogen-bond donors (Lipinski definition) is 3. The summed E-state index contributed by atoms with van der Waals surface area (Å²) < 4.78 is 26.7. The number of aliphatic hydroxyl groups is 1. The smallest absolute Gasteiger partial charge is 0.193 e. The molecule has 122 valence electrons. The standard InChI is InChI=1S/C17H19F2N3O/c1-11-3-6-13(7-4-11)22-16(20)21-10-17(2,23)14-8-5-12(18)9-15(14)19/h3-9,23H,10H2,1-2H3,(H3,20,21,22). The predicted octanol–water partition coefficient (Wildman–Crippen LogP) is 2.91. The van der Waals surface area contributed by atoms with Gasteiger partial charge in [-0.15, -0.1) is 0 Å². The molecule has 0 aliphatic carbocycles. The van der Waals surface area contributed by atoms with Gasteiger partial charge in [0.15, 0.2) is 5.96 Å². The lowest BCUT2D eigenvalue weighted by Gasteiger charge is -2.22. The van der Waals surface area contributed by atoms with Gasteiger partial charge in [0.25, 0.3) is 0 Å². The topological polar surface area (TPSA) is 70.6 Å². The highest BCUT2D eigenvalue weighted by molar-refractivity contribution is 5.92. The van der Waals surface area contributed by atoms with E-state index in [0.29, 0.717) is 0 Å². The van der Waals surface area contributed by atoms with Crippen molar-refractivity contribution in [2.24, 2.45) is 10.7 Å². The highest BCUT2D eigenvalue weighted by atomic mass is 19.1. The molecule has 23 heavy (non-hydrogen) atoms. The summed E-state index contributed by atoms with van der Waals surface area (Å²) in [6, 6.07) is 10.5. The second-order valence-corrected chi connectivity index (χ2v) is 5.59. The molecule has 6 heteroatoms. The molecular formula is C17H19F2N3O. The number of rotatable bonds is 4. The summed E-state index contributed by atoms with van der Waals surface area (Å²) in [5.41, 5.74) is 6.00. The fourth-order valence-electron chi connectivity index (χ4n) is 2.07. The van der Waals surface area contributed by atoms with Crippen LogP contribution in [-0.2, 0) is 5.60 Å². The molecule has 0 bridgehead atoms. The molecular weight excluding hydrogens is 300 g/mol. The first kappa shape index (κ1) is 16.9. The number of nitrogens with one attached hydrogen (secondary N) is 1. The van der Waals surface area contributed by atoms with Gasteiger partial charge in [0.05, 0.1) is 6.54 Å². The number of guanidine groups is 1. The third-order valence-corrected chi connectivity index (χ3v) is 3.39. The number of hydrogen-bond acceptors (Lipinski definition) is 2. The van der Waals surface area contributed by atoms with Crippen molar-refractivity contribution in [1.29, 1.82) is 0 Å². The number of halogens is 2. The maximum atomic E-state index is 13.8. The molecule has 4 N–H and O–H groups in total. The van der Waals surface area contributed by atoms with Gasteiger partial charge < -0.3 is 16.2 Å². The molecule has 0 saturated heterocycles. The number of benzene rings is 2. The van der Waals surface area contributed by atoms with Gasteiger partial charge in [0.1, 0.15) is 17.2 Å². The first-order valence-electron chi connectivity index (χ1n) is 7.09. The molecule has 0 aromatic heterocycles. The zero-order valence-electron chi connectivity index (χ0n) is 13.0. The van der Waals surface area contributed by atoms with Crippen molar-refractivity contribution in [3.63, 3.8) is 0 Å². The van der Waals surface area contributed by atoms with Crippen LogP contribution >= 0.6 is 0 Å². The Bertz CT molecular complexity index is 712. The second-order valence-electron chi connectivity index (χ2n) is 5.59. The van der Waals surface area contributed by atoms with Crippen LogP contribution in [0, 0.1) is 18.6 Å². The monoisotopic (exact) mass is 319 g/mol. The zero-order valence-corrected chi connectivity index (χ0v) is 13.0. The molecule has 4 nitrogen and oxygen atoms in total. The molecule has 0 aliphatic heterocycles. The quantitative estimate of drug-likeness (QED) is 0.599. The summed E-state index contributed by atoms with van der Waals surface area (Å²) in [6.07, 6.45) is 0. The van der Waals surface area contributed by atoms with E-state index >= 15 is 0 Å². The molecule has 2 rings (SSSR count). The minimum Gasteiger partial charge on any atom is -0.383 e. The van der Waals surface area contributed by atoms with Crippen molar-refractivity contribution in [2.75, 3.05) is 11.9 Å². The van der Waals surface area contributed by atoms with Gasteiger partial charge in [-0.25, -0.2) is 13.8 Å². The highest BCUT2D eigenvalue weighted by Crippen LogP contribution is 2.24. The fraction of sp³-hybridized carbons (Fsp3) is 0.235. The van der Waals surface area contributed by atoms with Crippen LogP contribution in [-0.4, -0.2) is 17.6 Å². The van der Waals surface area contributed by atoms with Crippen molar-refractivity contribution in [2.45, 2.75) is 19.4 Å². The largest absolute Gasteiger partial charge is 0.383 e. The molecule has 2 aromatic rings. The fourth-order valence-corrected chi connectivity index (χ4v) is 2.07. The molecule has 0 spiro atoms. The minimum absolute atomic E-state index is 0.0363. The lowest BCUT2D eigenvalue weighted by Crippen LogP contribution is -2.30. The molecule has 0 amide bonds.